The van der Waals surface area contributed by atoms with Crippen LogP contribution in [-0.4, -0.2) is 4.57 Å². The smallest absolute Gasteiger partial charge is 0.101 e. The molecule has 5 heteroatoms. The highest BCUT2D eigenvalue weighted by molar-refractivity contribution is 6.09. The summed E-state index contributed by atoms with van der Waals surface area (Å²) in [4.78, 5) is 2.34. The molecule has 9 aromatic rings. The van der Waals surface area contributed by atoms with Crippen molar-refractivity contribution in [2.24, 2.45) is 0 Å². The molecule has 2 aliphatic rings. The number of hydrogen-bond donors (Lipinski definition) is 0. The standard InChI is InChI=1S/C52H29N5/c53-30-33-25-35(31-54)43(32-55)42(26-33)34-27-36(56-48-21-9-3-15-40(48)41-16-4-10-22-49(41)56)29-37(28-34)57-50-23-11-7-19-46(50)52(47-20-8-12-24-51(47)57)44-17-5-1-13-38(44)39-14-2-6-18-45(39)52/h1-29H. The zero-order valence-corrected chi connectivity index (χ0v) is 30.5. The molecule has 1 spiro atoms. The van der Waals surface area contributed by atoms with Gasteiger partial charge in [0, 0.05) is 27.7 Å². The number of aromatic nitrogens is 1. The zero-order chi connectivity index (χ0) is 38.3. The van der Waals surface area contributed by atoms with E-state index >= 15 is 0 Å². The van der Waals surface area contributed by atoms with Crippen LogP contribution in [0.15, 0.2) is 176 Å². The summed E-state index contributed by atoms with van der Waals surface area (Å²) in [6.45, 7) is 0. The van der Waals surface area contributed by atoms with Gasteiger partial charge in [-0.25, -0.2) is 0 Å². The largest absolute Gasteiger partial charge is 0.310 e. The SMILES string of the molecule is N#Cc1cc(C#N)c(C#N)c(-c2cc(N3c4ccccc4C4(c5ccccc5-c5ccccc54)c4ccccc43)cc(-n3c4ccccc4c4ccccc43)c2)c1. The van der Waals surface area contributed by atoms with Crippen molar-refractivity contribution in [1.29, 1.82) is 15.8 Å². The monoisotopic (exact) mass is 723 g/mol. The quantitative estimate of drug-likeness (QED) is 0.182. The highest BCUT2D eigenvalue weighted by Crippen LogP contribution is 2.63. The highest BCUT2D eigenvalue weighted by Gasteiger charge is 2.51. The fourth-order valence-electron chi connectivity index (χ4n) is 9.69. The summed E-state index contributed by atoms with van der Waals surface area (Å²) in [5, 5.41) is 33.1. The van der Waals surface area contributed by atoms with Crippen molar-refractivity contribution in [3.8, 4) is 46.1 Å². The Hall–Kier alpha value is -8.17. The topological polar surface area (TPSA) is 79.5 Å². The maximum absolute atomic E-state index is 10.5. The normalized spacial score (nSPS) is 13.0. The molecule has 0 saturated heterocycles. The van der Waals surface area contributed by atoms with Gasteiger partial charge >= 0.3 is 0 Å². The van der Waals surface area contributed by atoms with Gasteiger partial charge in [0.05, 0.1) is 50.6 Å². The minimum atomic E-state index is -0.569. The van der Waals surface area contributed by atoms with Gasteiger partial charge in [-0.2, -0.15) is 15.8 Å². The van der Waals surface area contributed by atoms with Crippen molar-refractivity contribution in [1.82, 2.24) is 4.57 Å². The Morgan fingerprint density at radius 2 is 0.930 bits per heavy atom. The van der Waals surface area contributed by atoms with Gasteiger partial charge in [0.1, 0.15) is 12.1 Å². The predicted molar refractivity (Wildman–Crippen MR) is 226 cm³/mol. The van der Waals surface area contributed by atoms with Gasteiger partial charge in [-0.05, 0) is 93.5 Å². The van der Waals surface area contributed by atoms with Crippen LogP contribution in [0.4, 0.5) is 17.1 Å². The van der Waals surface area contributed by atoms with Gasteiger partial charge in [0.15, 0.2) is 0 Å². The molecule has 5 nitrogen and oxygen atoms in total. The Morgan fingerprint density at radius 1 is 0.421 bits per heavy atom. The molecule has 1 aliphatic heterocycles. The van der Waals surface area contributed by atoms with E-state index in [1.165, 1.54) is 39.4 Å². The van der Waals surface area contributed by atoms with Crippen LogP contribution in [0.25, 0.3) is 49.7 Å². The molecule has 0 radical (unpaired) electrons. The molecule has 8 aromatic carbocycles. The molecule has 262 valence electrons. The Kier molecular flexibility index (Phi) is 6.89. The van der Waals surface area contributed by atoms with Crippen molar-refractivity contribution in [3.05, 3.63) is 215 Å². The van der Waals surface area contributed by atoms with E-state index < -0.39 is 5.41 Å². The van der Waals surface area contributed by atoms with E-state index in [9.17, 15) is 15.8 Å². The molecule has 11 rings (SSSR count). The Morgan fingerprint density at radius 3 is 1.49 bits per heavy atom. The van der Waals surface area contributed by atoms with Crippen molar-refractivity contribution in [3.63, 3.8) is 0 Å². The fourth-order valence-corrected chi connectivity index (χ4v) is 9.69. The second-order valence-electron chi connectivity index (χ2n) is 14.6. The molecule has 0 saturated carbocycles. The lowest BCUT2D eigenvalue weighted by molar-refractivity contribution is 0.752. The average Bonchev–Trinajstić information content (AvgIpc) is 3.77. The minimum absolute atomic E-state index is 0.171. The van der Waals surface area contributed by atoms with Crippen LogP contribution < -0.4 is 4.90 Å². The lowest BCUT2D eigenvalue weighted by Gasteiger charge is -2.45. The van der Waals surface area contributed by atoms with Crippen LogP contribution in [-0.2, 0) is 5.41 Å². The number of anilines is 3. The molecular formula is C52H29N5. The molecule has 0 N–H and O–H groups in total. The highest BCUT2D eigenvalue weighted by atomic mass is 15.2. The summed E-state index contributed by atoms with van der Waals surface area (Å²) in [5.74, 6) is 0. The third-order valence-corrected chi connectivity index (χ3v) is 11.9. The van der Waals surface area contributed by atoms with Crippen LogP contribution >= 0.6 is 0 Å². The van der Waals surface area contributed by atoms with E-state index in [1.807, 2.05) is 0 Å². The summed E-state index contributed by atoms with van der Waals surface area (Å²) in [6.07, 6.45) is 0. The molecule has 1 aliphatic carbocycles. The van der Waals surface area contributed by atoms with Crippen molar-refractivity contribution >= 4 is 38.9 Å². The molecule has 0 unspecified atom stereocenters. The molecule has 0 amide bonds. The van der Waals surface area contributed by atoms with Crippen molar-refractivity contribution < 1.29 is 0 Å². The van der Waals surface area contributed by atoms with Gasteiger partial charge < -0.3 is 9.47 Å². The first-order valence-electron chi connectivity index (χ1n) is 18.9. The summed E-state index contributed by atoms with van der Waals surface area (Å²) in [5.41, 5.74) is 14.6. The predicted octanol–water partition coefficient (Wildman–Crippen LogP) is 12.2. The van der Waals surface area contributed by atoms with Gasteiger partial charge in [0.2, 0.25) is 0 Å². The second-order valence-corrected chi connectivity index (χ2v) is 14.6. The molecule has 1 aromatic heterocycles. The first kappa shape index (κ1) is 32.3. The molecular weight excluding hydrogens is 695 g/mol. The number of fused-ring (bicyclic) bond motifs is 12. The van der Waals surface area contributed by atoms with E-state index in [1.54, 1.807) is 6.07 Å². The average molecular weight is 724 g/mol. The Balaban J connectivity index is 1.26. The van der Waals surface area contributed by atoms with Crippen LogP contribution in [0.1, 0.15) is 38.9 Å². The first-order chi connectivity index (χ1) is 28.1. The third kappa shape index (κ3) is 4.36. The molecule has 2 heterocycles. The number of nitriles is 3. The van der Waals surface area contributed by atoms with Crippen LogP contribution in [0.2, 0.25) is 0 Å². The first-order valence-corrected chi connectivity index (χ1v) is 18.9. The van der Waals surface area contributed by atoms with E-state index in [0.717, 1.165) is 50.1 Å². The maximum atomic E-state index is 10.5. The van der Waals surface area contributed by atoms with Crippen LogP contribution in [0.3, 0.4) is 0 Å². The summed E-state index contributed by atoms with van der Waals surface area (Å²) >= 11 is 0. The molecule has 0 atom stereocenters. The van der Waals surface area contributed by atoms with Crippen LogP contribution in [0, 0.1) is 34.0 Å². The summed E-state index contributed by atoms with van der Waals surface area (Å²) in [6, 6.07) is 68.1. The zero-order valence-electron chi connectivity index (χ0n) is 30.5. The van der Waals surface area contributed by atoms with Gasteiger partial charge in [-0.1, -0.05) is 121 Å². The Bertz CT molecular complexity index is 3160. The van der Waals surface area contributed by atoms with Gasteiger partial charge in [-0.15, -0.1) is 0 Å². The number of para-hydroxylation sites is 4. The summed E-state index contributed by atoms with van der Waals surface area (Å²) < 4.78 is 2.27. The van der Waals surface area contributed by atoms with Crippen LogP contribution in [0.5, 0.6) is 0 Å². The van der Waals surface area contributed by atoms with E-state index in [0.29, 0.717) is 11.1 Å². The maximum Gasteiger partial charge on any atom is 0.101 e. The van der Waals surface area contributed by atoms with Crippen molar-refractivity contribution in [2.75, 3.05) is 4.90 Å². The van der Waals surface area contributed by atoms with E-state index in [2.05, 4.69) is 191 Å². The van der Waals surface area contributed by atoms with E-state index in [-0.39, 0.29) is 11.1 Å². The minimum Gasteiger partial charge on any atom is -0.310 e. The summed E-state index contributed by atoms with van der Waals surface area (Å²) in [7, 11) is 0. The lowest BCUT2D eigenvalue weighted by atomic mass is 9.64. The lowest BCUT2D eigenvalue weighted by Crippen LogP contribution is -2.36. The van der Waals surface area contributed by atoms with Crippen molar-refractivity contribution in [2.45, 2.75) is 5.41 Å². The second kappa shape index (κ2) is 12.2. The number of nitrogens with zero attached hydrogens (tertiary/aromatic N) is 5. The van der Waals surface area contributed by atoms with Gasteiger partial charge in [0.25, 0.3) is 0 Å². The fraction of sp³-hybridized carbons (Fsp3) is 0.0192. The number of rotatable bonds is 3. The van der Waals surface area contributed by atoms with E-state index in [4.69, 9.17) is 0 Å². The third-order valence-electron chi connectivity index (χ3n) is 11.9. The molecule has 57 heavy (non-hydrogen) atoms. The molecule has 0 bridgehead atoms. The number of hydrogen-bond acceptors (Lipinski definition) is 4. The Labute approximate surface area is 329 Å². The molecule has 0 fully saturated rings. The van der Waals surface area contributed by atoms with Gasteiger partial charge in [-0.3, -0.25) is 0 Å². The number of benzene rings is 8.